The van der Waals surface area contributed by atoms with Gasteiger partial charge in [-0.25, -0.2) is 0 Å². The van der Waals surface area contributed by atoms with Gasteiger partial charge in [-0.1, -0.05) is 23.8 Å². The van der Waals surface area contributed by atoms with Crippen LogP contribution in [0.5, 0.6) is 0 Å². The number of hydrogen-bond acceptors (Lipinski definition) is 2. The van der Waals surface area contributed by atoms with Crippen molar-refractivity contribution in [3.63, 3.8) is 0 Å². The Kier molecular flexibility index (Phi) is 3.94. The van der Waals surface area contributed by atoms with Gasteiger partial charge in [0, 0.05) is 0 Å². The van der Waals surface area contributed by atoms with Gasteiger partial charge in [0.2, 0.25) is 0 Å². The summed E-state index contributed by atoms with van der Waals surface area (Å²) in [6.45, 7) is 1.42. The van der Waals surface area contributed by atoms with E-state index in [1.54, 1.807) is 6.08 Å². The molecule has 62 valence electrons. The van der Waals surface area contributed by atoms with Gasteiger partial charge in [0.05, 0.1) is 19.8 Å². The molecule has 0 atom stereocenters. The first-order valence-electron chi connectivity index (χ1n) is 3.95. The van der Waals surface area contributed by atoms with Crippen molar-refractivity contribution in [2.45, 2.75) is 12.8 Å². The molecule has 0 aromatic carbocycles. The minimum Gasteiger partial charge on any atom is -0.392 e. The lowest BCUT2D eigenvalue weighted by atomic mass is 10.5. The van der Waals surface area contributed by atoms with Gasteiger partial charge in [0.1, 0.15) is 0 Å². The Hall–Kier alpha value is -0.600. The Bertz CT molecular complexity index is 153. The van der Waals surface area contributed by atoms with Crippen molar-refractivity contribution in [1.29, 1.82) is 0 Å². The SMILES string of the molecule is OC/C=C/COCC=C1CC1. The first-order chi connectivity index (χ1) is 5.43. The van der Waals surface area contributed by atoms with Crippen LogP contribution in [0.15, 0.2) is 23.8 Å². The third-order valence-electron chi connectivity index (χ3n) is 1.51. The summed E-state index contributed by atoms with van der Waals surface area (Å²) < 4.78 is 5.21. The fourth-order valence-corrected chi connectivity index (χ4v) is 0.732. The van der Waals surface area contributed by atoms with Crippen molar-refractivity contribution in [3.05, 3.63) is 23.8 Å². The molecular weight excluding hydrogens is 140 g/mol. The Labute approximate surface area is 67.2 Å². The van der Waals surface area contributed by atoms with Crippen LogP contribution in [-0.4, -0.2) is 24.9 Å². The predicted molar refractivity (Wildman–Crippen MR) is 44.4 cm³/mol. The highest BCUT2D eigenvalue weighted by molar-refractivity contribution is 5.16. The Morgan fingerprint density at radius 2 is 2.09 bits per heavy atom. The van der Waals surface area contributed by atoms with Gasteiger partial charge in [0.15, 0.2) is 0 Å². The third kappa shape index (κ3) is 4.76. The zero-order chi connectivity index (χ0) is 7.94. The van der Waals surface area contributed by atoms with E-state index in [2.05, 4.69) is 6.08 Å². The Morgan fingerprint density at radius 3 is 2.73 bits per heavy atom. The number of ether oxygens (including phenoxy) is 1. The molecule has 2 nitrogen and oxygen atoms in total. The number of hydrogen-bond donors (Lipinski definition) is 1. The molecule has 11 heavy (non-hydrogen) atoms. The molecule has 1 N–H and O–H groups in total. The molecule has 0 bridgehead atoms. The van der Waals surface area contributed by atoms with Gasteiger partial charge < -0.3 is 9.84 Å². The first-order valence-corrected chi connectivity index (χ1v) is 3.95. The Balaban J connectivity index is 1.87. The van der Waals surface area contributed by atoms with Crippen LogP contribution in [0.4, 0.5) is 0 Å². The fourth-order valence-electron chi connectivity index (χ4n) is 0.732. The van der Waals surface area contributed by atoms with Crippen LogP contribution in [0.2, 0.25) is 0 Å². The van der Waals surface area contributed by atoms with Gasteiger partial charge in [-0.2, -0.15) is 0 Å². The monoisotopic (exact) mass is 154 g/mol. The number of aliphatic hydroxyl groups excluding tert-OH is 1. The normalized spacial score (nSPS) is 15.9. The highest BCUT2D eigenvalue weighted by Gasteiger charge is 2.08. The number of allylic oxidation sites excluding steroid dienone is 1. The molecular formula is C9H14O2. The molecule has 0 unspecified atom stereocenters. The number of rotatable bonds is 5. The smallest absolute Gasteiger partial charge is 0.0654 e. The summed E-state index contributed by atoms with van der Waals surface area (Å²) in [5.74, 6) is 0. The molecule has 0 aromatic heterocycles. The molecule has 1 rings (SSSR count). The molecule has 2 heteroatoms. The van der Waals surface area contributed by atoms with Crippen LogP contribution in [0.3, 0.4) is 0 Å². The average Bonchev–Trinajstić information content (AvgIpc) is 2.80. The summed E-state index contributed by atoms with van der Waals surface area (Å²) >= 11 is 0. The lowest BCUT2D eigenvalue weighted by molar-refractivity contribution is 0.193. The predicted octanol–water partition coefficient (Wildman–Crippen LogP) is 1.27. The van der Waals surface area contributed by atoms with Crippen LogP contribution < -0.4 is 0 Å². The molecule has 0 amide bonds. The van der Waals surface area contributed by atoms with E-state index in [1.807, 2.05) is 6.08 Å². The van der Waals surface area contributed by atoms with Crippen LogP contribution in [-0.2, 0) is 4.74 Å². The van der Waals surface area contributed by atoms with E-state index in [0.717, 1.165) is 0 Å². The van der Waals surface area contributed by atoms with Crippen LogP contribution >= 0.6 is 0 Å². The lowest BCUT2D eigenvalue weighted by Gasteiger charge is -1.92. The molecule has 1 fully saturated rings. The number of aliphatic hydroxyl groups is 1. The molecule has 1 saturated carbocycles. The molecule has 0 saturated heterocycles. The highest BCUT2D eigenvalue weighted by atomic mass is 16.5. The van der Waals surface area contributed by atoms with Crippen molar-refractivity contribution in [2.75, 3.05) is 19.8 Å². The second-order valence-electron chi connectivity index (χ2n) is 2.55. The van der Waals surface area contributed by atoms with E-state index in [-0.39, 0.29) is 6.61 Å². The van der Waals surface area contributed by atoms with Crippen molar-refractivity contribution in [1.82, 2.24) is 0 Å². The van der Waals surface area contributed by atoms with Crippen LogP contribution in [0, 0.1) is 0 Å². The topological polar surface area (TPSA) is 29.5 Å². The van der Waals surface area contributed by atoms with E-state index in [1.165, 1.54) is 18.4 Å². The van der Waals surface area contributed by atoms with Crippen LogP contribution in [0.1, 0.15) is 12.8 Å². The zero-order valence-corrected chi connectivity index (χ0v) is 6.62. The van der Waals surface area contributed by atoms with Gasteiger partial charge >= 0.3 is 0 Å². The molecule has 0 heterocycles. The van der Waals surface area contributed by atoms with Crippen molar-refractivity contribution >= 4 is 0 Å². The molecule has 0 aliphatic heterocycles. The second kappa shape index (κ2) is 5.10. The van der Waals surface area contributed by atoms with E-state index < -0.39 is 0 Å². The second-order valence-corrected chi connectivity index (χ2v) is 2.55. The largest absolute Gasteiger partial charge is 0.392 e. The molecule has 0 radical (unpaired) electrons. The van der Waals surface area contributed by atoms with E-state index in [4.69, 9.17) is 9.84 Å². The molecule has 1 aliphatic rings. The third-order valence-corrected chi connectivity index (χ3v) is 1.51. The minimum absolute atomic E-state index is 0.102. The summed E-state index contributed by atoms with van der Waals surface area (Å²) in [5.41, 5.74) is 1.51. The molecule has 1 aliphatic carbocycles. The Morgan fingerprint density at radius 1 is 1.27 bits per heavy atom. The van der Waals surface area contributed by atoms with Crippen molar-refractivity contribution < 1.29 is 9.84 Å². The van der Waals surface area contributed by atoms with E-state index in [0.29, 0.717) is 13.2 Å². The van der Waals surface area contributed by atoms with Gasteiger partial charge in [-0.3, -0.25) is 0 Å². The average molecular weight is 154 g/mol. The van der Waals surface area contributed by atoms with Crippen molar-refractivity contribution in [3.8, 4) is 0 Å². The fraction of sp³-hybridized carbons (Fsp3) is 0.556. The minimum atomic E-state index is 0.102. The summed E-state index contributed by atoms with van der Waals surface area (Å²) in [5, 5.41) is 8.37. The summed E-state index contributed by atoms with van der Waals surface area (Å²) in [6, 6.07) is 0. The summed E-state index contributed by atoms with van der Waals surface area (Å²) in [4.78, 5) is 0. The van der Waals surface area contributed by atoms with Crippen molar-refractivity contribution in [2.24, 2.45) is 0 Å². The van der Waals surface area contributed by atoms with Gasteiger partial charge in [-0.15, -0.1) is 0 Å². The van der Waals surface area contributed by atoms with E-state index >= 15 is 0 Å². The van der Waals surface area contributed by atoms with Gasteiger partial charge in [-0.05, 0) is 12.8 Å². The van der Waals surface area contributed by atoms with Gasteiger partial charge in [0.25, 0.3) is 0 Å². The first kappa shape index (κ1) is 8.50. The maximum atomic E-state index is 8.37. The maximum absolute atomic E-state index is 8.37. The summed E-state index contributed by atoms with van der Waals surface area (Å²) in [7, 11) is 0. The maximum Gasteiger partial charge on any atom is 0.0654 e. The summed E-state index contributed by atoms with van der Waals surface area (Å²) in [6.07, 6.45) is 8.16. The standard InChI is InChI=1S/C9H14O2/c10-6-1-2-7-11-8-5-9-3-4-9/h1-2,5,10H,3-4,6-8H2/b2-1+. The lowest BCUT2D eigenvalue weighted by Crippen LogP contribution is -1.90. The molecule has 0 aromatic rings. The van der Waals surface area contributed by atoms with Crippen LogP contribution in [0.25, 0.3) is 0 Å². The zero-order valence-electron chi connectivity index (χ0n) is 6.62. The molecule has 0 spiro atoms. The highest BCUT2D eigenvalue weighted by Crippen LogP contribution is 2.26. The van der Waals surface area contributed by atoms with E-state index in [9.17, 15) is 0 Å². The quantitative estimate of drug-likeness (QED) is 0.477.